The van der Waals surface area contributed by atoms with Crippen LogP contribution in [0.2, 0.25) is 10.0 Å². The third-order valence-electron chi connectivity index (χ3n) is 6.02. The molecule has 0 saturated carbocycles. The van der Waals surface area contributed by atoms with Crippen molar-refractivity contribution in [3.05, 3.63) is 93.5 Å². The Hall–Kier alpha value is -3.13. The van der Waals surface area contributed by atoms with E-state index in [0.29, 0.717) is 41.9 Å². The molecule has 4 rings (SSSR count). The second kappa shape index (κ2) is 11.7. The maximum atomic E-state index is 12.9. The Morgan fingerprint density at radius 1 is 0.944 bits per heavy atom. The van der Waals surface area contributed by atoms with Gasteiger partial charge >= 0.3 is 0 Å². The molecular weight excluding hydrogens is 515 g/mol. The summed E-state index contributed by atoms with van der Waals surface area (Å²) in [4.78, 5) is 29.2. The molecule has 6 nitrogen and oxygen atoms in total. The van der Waals surface area contributed by atoms with Crippen LogP contribution in [0.25, 0.3) is 0 Å². The van der Waals surface area contributed by atoms with Gasteiger partial charge in [-0.2, -0.15) is 0 Å². The number of halogens is 2. The van der Waals surface area contributed by atoms with Gasteiger partial charge in [0.05, 0.1) is 17.1 Å². The Morgan fingerprint density at radius 3 is 2.31 bits per heavy atom. The number of aryl methyl sites for hydroxylation is 1. The van der Waals surface area contributed by atoms with Crippen molar-refractivity contribution in [1.29, 1.82) is 0 Å². The van der Waals surface area contributed by atoms with Crippen LogP contribution in [-0.2, 0) is 11.2 Å². The quantitative estimate of drug-likeness (QED) is 0.428. The number of carbonyl (C=O) groups excluding carboxylic acids is 2. The number of anilines is 2. The SMILES string of the molecule is Cc1ccccc1C(=O)N1CCN(c2ccc(NC(=S)NC(=O)Cc3ccc(Cl)cc3)cc2Cl)CC1. The highest BCUT2D eigenvalue weighted by Gasteiger charge is 2.24. The molecule has 9 heteroatoms. The number of nitrogens with zero attached hydrogens (tertiary/aromatic N) is 2. The predicted octanol–water partition coefficient (Wildman–Crippen LogP) is 5.32. The summed E-state index contributed by atoms with van der Waals surface area (Å²) in [5.41, 5.74) is 4.13. The van der Waals surface area contributed by atoms with Gasteiger partial charge in [-0.25, -0.2) is 0 Å². The number of benzene rings is 3. The molecule has 0 radical (unpaired) electrons. The molecule has 1 heterocycles. The van der Waals surface area contributed by atoms with Crippen molar-refractivity contribution in [3.8, 4) is 0 Å². The largest absolute Gasteiger partial charge is 0.367 e. The van der Waals surface area contributed by atoms with Crippen molar-refractivity contribution in [2.45, 2.75) is 13.3 Å². The van der Waals surface area contributed by atoms with Crippen LogP contribution in [0.1, 0.15) is 21.5 Å². The van der Waals surface area contributed by atoms with Crippen LogP contribution < -0.4 is 15.5 Å². The summed E-state index contributed by atoms with van der Waals surface area (Å²) in [5, 5.41) is 7.06. The van der Waals surface area contributed by atoms with Crippen molar-refractivity contribution in [2.24, 2.45) is 0 Å². The molecule has 0 atom stereocenters. The number of carbonyl (C=O) groups is 2. The molecule has 0 aliphatic carbocycles. The van der Waals surface area contributed by atoms with Gasteiger partial charge < -0.3 is 20.4 Å². The molecule has 3 aromatic rings. The lowest BCUT2D eigenvalue weighted by atomic mass is 10.1. The first kappa shape index (κ1) is 25.9. The van der Waals surface area contributed by atoms with Gasteiger partial charge in [0.2, 0.25) is 5.91 Å². The van der Waals surface area contributed by atoms with E-state index in [1.165, 1.54) is 0 Å². The maximum Gasteiger partial charge on any atom is 0.254 e. The number of rotatable bonds is 5. The van der Waals surface area contributed by atoms with Gasteiger partial charge in [0.25, 0.3) is 5.91 Å². The first-order chi connectivity index (χ1) is 17.3. The zero-order valence-electron chi connectivity index (χ0n) is 19.8. The molecule has 36 heavy (non-hydrogen) atoms. The summed E-state index contributed by atoms with van der Waals surface area (Å²) in [7, 11) is 0. The average Bonchev–Trinajstić information content (AvgIpc) is 2.85. The van der Waals surface area contributed by atoms with Gasteiger partial charge in [-0.3, -0.25) is 9.59 Å². The monoisotopic (exact) mass is 540 g/mol. The molecule has 1 saturated heterocycles. The minimum absolute atomic E-state index is 0.0602. The zero-order chi connectivity index (χ0) is 25.7. The predicted molar refractivity (Wildman–Crippen MR) is 150 cm³/mol. The minimum atomic E-state index is -0.226. The molecule has 1 aliphatic heterocycles. The van der Waals surface area contributed by atoms with E-state index in [2.05, 4.69) is 15.5 Å². The number of hydrogen-bond acceptors (Lipinski definition) is 4. The fourth-order valence-electron chi connectivity index (χ4n) is 4.10. The van der Waals surface area contributed by atoms with Gasteiger partial charge in [-0.1, -0.05) is 53.5 Å². The van der Waals surface area contributed by atoms with Crippen LogP contribution in [0, 0.1) is 6.92 Å². The lowest BCUT2D eigenvalue weighted by molar-refractivity contribution is -0.119. The molecule has 0 bridgehead atoms. The van der Waals surface area contributed by atoms with Gasteiger partial charge in [0.1, 0.15) is 0 Å². The number of amides is 2. The molecule has 1 fully saturated rings. The van der Waals surface area contributed by atoms with E-state index in [1.807, 2.05) is 48.2 Å². The van der Waals surface area contributed by atoms with E-state index < -0.39 is 0 Å². The van der Waals surface area contributed by atoms with Crippen LogP contribution in [-0.4, -0.2) is 48.0 Å². The molecule has 1 aliphatic rings. The Morgan fingerprint density at radius 2 is 1.64 bits per heavy atom. The number of hydrogen-bond donors (Lipinski definition) is 2. The first-order valence-electron chi connectivity index (χ1n) is 11.5. The number of piperazine rings is 1. The van der Waals surface area contributed by atoms with Crippen molar-refractivity contribution < 1.29 is 9.59 Å². The Bertz CT molecular complexity index is 1280. The molecule has 2 N–H and O–H groups in total. The topological polar surface area (TPSA) is 64.7 Å². The Balaban J connectivity index is 1.30. The molecule has 2 amide bonds. The second-order valence-corrected chi connectivity index (χ2v) is 9.82. The molecule has 0 unspecified atom stereocenters. The third-order valence-corrected chi connectivity index (χ3v) is 6.78. The summed E-state index contributed by atoms with van der Waals surface area (Å²) >= 11 is 17.7. The number of thiocarbonyl (C=S) groups is 1. The van der Waals surface area contributed by atoms with Crippen LogP contribution in [0.4, 0.5) is 11.4 Å². The van der Waals surface area contributed by atoms with Gasteiger partial charge in [-0.15, -0.1) is 0 Å². The Kier molecular flexibility index (Phi) is 8.46. The van der Waals surface area contributed by atoms with E-state index in [9.17, 15) is 9.59 Å². The minimum Gasteiger partial charge on any atom is -0.367 e. The summed E-state index contributed by atoms with van der Waals surface area (Å²) < 4.78 is 0. The highest BCUT2D eigenvalue weighted by molar-refractivity contribution is 7.80. The van der Waals surface area contributed by atoms with E-state index >= 15 is 0 Å². The highest BCUT2D eigenvalue weighted by atomic mass is 35.5. The molecule has 186 valence electrons. The van der Waals surface area contributed by atoms with Gasteiger partial charge in [0.15, 0.2) is 5.11 Å². The standard InChI is InChI=1S/C27H26Cl2N4O2S/c1-18-4-2-3-5-22(18)26(35)33-14-12-32(13-15-33)24-11-10-21(17-23(24)29)30-27(36)31-25(34)16-19-6-8-20(28)9-7-19/h2-11,17H,12-16H2,1H3,(H2,30,31,34,36). The van der Waals surface area contributed by atoms with Crippen molar-refractivity contribution >= 4 is 63.7 Å². The highest BCUT2D eigenvalue weighted by Crippen LogP contribution is 2.30. The Labute approximate surface area is 226 Å². The third kappa shape index (κ3) is 6.55. The van der Waals surface area contributed by atoms with Crippen LogP contribution in [0.3, 0.4) is 0 Å². The molecular formula is C27H26Cl2N4O2S. The normalized spacial score (nSPS) is 13.3. The lowest BCUT2D eigenvalue weighted by Crippen LogP contribution is -2.49. The first-order valence-corrected chi connectivity index (χ1v) is 12.7. The van der Waals surface area contributed by atoms with E-state index in [0.717, 1.165) is 22.4 Å². The van der Waals surface area contributed by atoms with E-state index in [4.69, 9.17) is 35.4 Å². The number of nitrogens with one attached hydrogen (secondary N) is 2. The second-order valence-electron chi connectivity index (χ2n) is 8.57. The smallest absolute Gasteiger partial charge is 0.254 e. The molecule has 3 aromatic carbocycles. The molecule has 0 aromatic heterocycles. The lowest BCUT2D eigenvalue weighted by Gasteiger charge is -2.36. The summed E-state index contributed by atoms with van der Waals surface area (Å²) in [6.45, 7) is 4.56. The summed E-state index contributed by atoms with van der Waals surface area (Å²) in [5.74, 6) is -0.166. The average molecular weight is 542 g/mol. The summed E-state index contributed by atoms with van der Waals surface area (Å²) in [6, 6.07) is 20.3. The van der Waals surface area contributed by atoms with Gasteiger partial charge in [-0.05, 0) is 66.7 Å². The zero-order valence-corrected chi connectivity index (χ0v) is 22.1. The fraction of sp³-hybridized carbons (Fsp3) is 0.222. The molecule has 0 spiro atoms. The van der Waals surface area contributed by atoms with Crippen LogP contribution in [0.15, 0.2) is 66.7 Å². The van der Waals surface area contributed by atoms with Crippen molar-refractivity contribution in [3.63, 3.8) is 0 Å². The summed E-state index contributed by atoms with van der Waals surface area (Å²) in [6.07, 6.45) is 0.191. The van der Waals surface area contributed by atoms with E-state index in [-0.39, 0.29) is 23.3 Å². The van der Waals surface area contributed by atoms with Crippen molar-refractivity contribution in [2.75, 3.05) is 36.4 Å². The van der Waals surface area contributed by atoms with Gasteiger partial charge in [0, 0.05) is 42.5 Å². The fourth-order valence-corrected chi connectivity index (χ4v) is 4.75. The maximum absolute atomic E-state index is 12.9. The van der Waals surface area contributed by atoms with Crippen LogP contribution in [0.5, 0.6) is 0 Å². The van der Waals surface area contributed by atoms with Crippen LogP contribution >= 0.6 is 35.4 Å². The van der Waals surface area contributed by atoms with E-state index in [1.54, 1.807) is 30.3 Å². The van der Waals surface area contributed by atoms with Crippen molar-refractivity contribution in [1.82, 2.24) is 10.2 Å².